The summed E-state index contributed by atoms with van der Waals surface area (Å²) in [6, 6.07) is 4.18. The van der Waals surface area contributed by atoms with E-state index in [1.165, 1.54) is 5.56 Å². The minimum absolute atomic E-state index is 0.874. The number of alkyl halides is 1. The SMILES string of the molecule is CCN(CC)c1ccc(CBr)cn1. The first-order valence-corrected chi connectivity index (χ1v) is 5.69. The summed E-state index contributed by atoms with van der Waals surface area (Å²) < 4.78 is 0. The van der Waals surface area contributed by atoms with Crippen LogP contribution >= 0.6 is 15.9 Å². The topological polar surface area (TPSA) is 16.1 Å². The summed E-state index contributed by atoms with van der Waals surface area (Å²) >= 11 is 3.40. The van der Waals surface area contributed by atoms with E-state index in [0.717, 1.165) is 24.2 Å². The van der Waals surface area contributed by atoms with Gasteiger partial charge in [-0.25, -0.2) is 4.98 Å². The molecule has 72 valence electrons. The van der Waals surface area contributed by atoms with Crippen molar-refractivity contribution in [3.05, 3.63) is 23.9 Å². The Morgan fingerprint density at radius 1 is 1.31 bits per heavy atom. The Hall–Kier alpha value is -0.570. The first-order chi connectivity index (χ1) is 6.31. The highest BCUT2D eigenvalue weighted by Gasteiger charge is 2.01. The van der Waals surface area contributed by atoms with Crippen LogP contribution in [-0.2, 0) is 5.33 Å². The lowest BCUT2D eigenvalue weighted by molar-refractivity contribution is 0.845. The summed E-state index contributed by atoms with van der Waals surface area (Å²) in [4.78, 5) is 6.62. The van der Waals surface area contributed by atoms with Crippen molar-refractivity contribution in [1.82, 2.24) is 4.98 Å². The quantitative estimate of drug-likeness (QED) is 0.756. The molecule has 0 N–H and O–H groups in total. The van der Waals surface area contributed by atoms with Gasteiger partial charge in [-0.3, -0.25) is 0 Å². The smallest absolute Gasteiger partial charge is 0.128 e. The van der Waals surface area contributed by atoms with Gasteiger partial charge in [-0.05, 0) is 25.5 Å². The Morgan fingerprint density at radius 3 is 2.38 bits per heavy atom. The highest BCUT2D eigenvalue weighted by Crippen LogP contribution is 2.12. The maximum Gasteiger partial charge on any atom is 0.128 e. The van der Waals surface area contributed by atoms with Gasteiger partial charge < -0.3 is 4.90 Å². The van der Waals surface area contributed by atoms with Crippen molar-refractivity contribution in [2.45, 2.75) is 19.2 Å². The normalized spacial score (nSPS) is 10.1. The van der Waals surface area contributed by atoms with Gasteiger partial charge in [0.15, 0.2) is 0 Å². The minimum Gasteiger partial charge on any atom is -0.357 e. The molecule has 0 aliphatic carbocycles. The first-order valence-electron chi connectivity index (χ1n) is 4.57. The van der Waals surface area contributed by atoms with Crippen LogP contribution in [0, 0.1) is 0 Å². The molecule has 0 saturated heterocycles. The molecule has 0 saturated carbocycles. The van der Waals surface area contributed by atoms with Crippen molar-refractivity contribution in [1.29, 1.82) is 0 Å². The fourth-order valence-electron chi connectivity index (χ4n) is 1.23. The summed E-state index contributed by atoms with van der Waals surface area (Å²) in [5.74, 6) is 1.06. The Morgan fingerprint density at radius 2 is 2.00 bits per heavy atom. The monoisotopic (exact) mass is 242 g/mol. The van der Waals surface area contributed by atoms with Crippen LogP contribution in [-0.4, -0.2) is 18.1 Å². The molecular formula is C10H15BrN2. The lowest BCUT2D eigenvalue weighted by atomic mass is 10.3. The Labute approximate surface area is 88.1 Å². The van der Waals surface area contributed by atoms with Gasteiger partial charge in [0.25, 0.3) is 0 Å². The van der Waals surface area contributed by atoms with Gasteiger partial charge in [0.05, 0.1) is 0 Å². The summed E-state index contributed by atoms with van der Waals surface area (Å²) in [5, 5.41) is 0.874. The number of rotatable bonds is 4. The molecule has 0 bridgehead atoms. The standard InChI is InChI=1S/C10H15BrN2/c1-3-13(4-2)10-6-5-9(7-11)8-12-10/h5-6,8H,3-4,7H2,1-2H3. The largest absolute Gasteiger partial charge is 0.357 e. The van der Waals surface area contributed by atoms with E-state index in [4.69, 9.17) is 0 Å². The van der Waals surface area contributed by atoms with Gasteiger partial charge in [-0.1, -0.05) is 22.0 Å². The van der Waals surface area contributed by atoms with Gasteiger partial charge in [-0.2, -0.15) is 0 Å². The van der Waals surface area contributed by atoms with E-state index in [1.807, 2.05) is 6.20 Å². The van der Waals surface area contributed by atoms with Crippen LogP contribution in [0.15, 0.2) is 18.3 Å². The van der Waals surface area contributed by atoms with E-state index in [-0.39, 0.29) is 0 Å². The van der Waals surface area contributed by atoms with Crippen LogP contribution in [0.5, 0.6) is 0 Å². The number of aromatic nitrogens is 1. The summed E-state index contributed by atoms with van der Waals surface area (Å²) in [5.41, 5.74) is 1.22. The molecule has 2 nitrogen and oxygen atoms in total. The van der Waals surface area contributed by atoms with Crippen LogP contribution < -0.4 is 4.90 Å². The van der Waals surface area contributed by atoms with Crippen molar-refractivity contribution in [3.8, 4) is 0 Å². The van der Waals surface area contributed by atoms with E-state index in [1.54, 1.807) is 0 Å². The van der Waals surface area contributed by atoms with Crippen LogP contribution in [0.1, 0.15) is 19.4 Å². The van der Waals surface area contributed by atoms with Gasteiger partial charge in [0.1, 0.15) is 5.82 Å². The second-order valence-corrected chi connectivity index (χ2v) is 3.39. The number of nitrogens with zero attached hydrogens (tertiary/aromatic N) is 2. The van der Waals surface area contributed by atoms with E-state index in [9.17, 15) is 0 Å². The second-order valence-electron chi connectivity index (χ2n) is 2.83. The van der Waals surface area contributed by atoms with Gasteiger partial charge in [0, 0.05) is 24.6 Å². The summed E-state index contributed by atoms with van der Waals surface area (Å²) in [6.45, 7) is 6.31. The van der Waals surface area contributed by atoms with Crippen molar-refractivity contribution < 1.29 is 0 Å². The molecule has 0 atom stereocenters. The van der Waals surface area contributed by atoms with Crippen molar-refractivity contribution >= 4 is 21.7 Å². The molecule has 1 aromatic rings. The number of hydrogen-bond donors (Lipinski definition) is 0. The molecule has 1 heterocycles. The fourth-order valence-corrected chi connectivity index (χ4v) is 1.56. The van der Waals surface area contributed by atoms with Crippen molar-refractivity contribution in [2.24, 2.45) is 0 Å². The molecule has 0 spiro atoms. The van der Waals surface area contributed by atoms with E-state index < -0.39 is 0 Å². The number of hydrogen-bond acceptors (Lipinski definition) is 2. The Bertz CT molecular complexity index is 242. The third-order valence-electron chi connectivity index (χ3n) is 2.05. The molecule has 1 aromatic heterocycles. The van der Waals surface area contributed by atoms with Gasteiger partial charge >= 0.3 is 0 Å². The molecule has 0 fully saturated rings. The van der Waals surface area contributed by atoms with Gasteiger partial charge in [0.2, 0.25) is 0 Å². The maximum atomic E-state index is 4.39. The predicted molar refractivity (Wildman–Crippen MR) is 60.4 cm³/mol. The number of halogens is 1. The lowest BCUT2D eigenvalue weighted by Gasteiger charge is -2.19. The molecule has 0 aliphatic heterocycles. The molecule has 13 heavy (non-hydrogen) atoms. The lowest BCUT2D eigenvalue weighted by Crippen LogP contribution is -2.22. The second kappa shape index (κ2) is 5.22. The zero-order valence-electron chi connectivity index (χ0n) is 8.13. The molecule has 1 rings (SSSR count). The summed E-state index contributed by atoms with van der Waals surface area (Å²) in [6.07, 6.45) is 1.92. The highest BCUT2D eigenvalue weighted by molar-refractivity contribution is 9.08. The highest BCUT2D eigenvalue weighted by atomic mass is 79.9. The molecule has 3 heteroatoms. The third kappa shape index (κ3) is 2.69. The third-order valence-corrected chi connectivity index (χ3v) is 2.70. The maximum absolute atomic E-state index is 4.39. The van der Waals surface area contributed by atoms with Crippen LogP contribution in [0.2, 0.25) is 0 Å². The van der Waals surface area contributed by atoms with Crippen molar-refractivity contribution in [2.75, 3.05) is 18.0 Å². The van der Waals surface area contributed by atoms with Crippen molar-refractivity contribution in [3.63, 3.8) is 0 Å². The molecule has 0 amide bonds. The molecule has 0 aliphatic rings. The number of pyridine rings is 1. The average Bonchev–Trinajstić information content (AvgIpc) is 2.21. The molecule has 0 unspecified atom stereocenters. The first kappa shape index (κ1) is 10.5. The zero-order chi connectivity index (χ0) is 9.68. The minimum atomic E-state index is 0.874. The van der Waals surface area contributed by atoms with Crippen LogP contribution in [0.25, 0.3) is 0 Å². The Balaban J connectivity index is 2.78. The van der Waals surface area contributed by atoms with Gasteiger partial charge in [-0.15, -0.1) is 0 Å². The molecule has 0 aromatic carbocycles. The number of anilines is 1. The van der Waals surface area contributed by atoms with E-state index >= 15 is 0 Å². The molecule has 0 radical (unpaired) electrons. The van der Waals surface area contributed by atoms with Crippen LogP contribution in [0.3, 0.4) is 0 Å². The Kier molecular flexibility index (Phi) is 4.22. The van der Waals surface area contributed by atoms with E-state index in [0.29, 0.717) is 0 Å². The predicted octanol–water partition coefficient (Wildman–Crippen LogP) is 2.82. The van der Waals surface area contributed by atoms with E-state index in [2.05, 4.69) is 51.8 Å². The molecular weight excluding hydrogens is 228 g/mol. The zero-order valence-corrected chi connectivity index (χ0v) is 9.71. The van der Waals surface area contributed by atoms with Crippen LogP contribution in [0.4, 0.5) is 5.82 Å². The average molecular weight is 243 g/mol. The fraction of sp³-hybridized carbons (Fsp3) is 0.500. The summed E-state index contributed by atoms with van der Waals surface area (Å²) in [7, 11) is 0.